The lowest BCUT2D eigenvalue weighted by molar-refractivity contribution is -0.136. The van der Waals surface area contributed by atoms with E-state index in [9.17, 15) is 4.79 Å². The summed E-state index contributed by atoms with van der Waals surface area (Å²) in [6.07, 6.45) is 6.47. The van der Waals surface area contributed by atoms with Gasteiger partial charge in [0.1, 0.15) is 12.4 Å². The molecule has 0 radical (unpaired) electrons. The first-order valence-electron chi connectivity index (χ1n) is 6.53. The third kappa shape index (κ3) is 7.85. The molecule has 0 amide bonds. The fourth-order valence-corrected chi connectivity index (χ4v) is 1.43. The standard InChI is InChI=1S/C18H15ClO3/c1-2-3-6-13-18(20)22-15-10-5-4-9-14-21-17-12-8-7-11-16(17)19/h2-3,6-8,11-13H,14-15H2,1H3/b3-2+,13-6+. The van der Waals surface area contributed by atoms with E-state index in [-0.39, 0.29) is 13.2 Å². The summed E-state index contributed by atoms with van der Waals surface area (Å²) in [4.78, 5) is 11.2. The van der Waals surface area contributed by atoms with E-state index in [1.807, 2.05) is 25.1 Å². The molecule has 1 aromatic carbocycles. The normalized spacial score (nSPS) is 9.73. The van der Waals surface area contributed by atoms with E-state index in [1.54, 1.807) is 24.3 Å². The van der Waals surface area contributed by atoms with Crippen LogP contribution >= 0.6 is 11.6 Å². The van der Waals surface area contributed by atoms with Crippen LogP contribution in [0.5, 0.6) is 5.75 Å². The molecule has 0 aliphatic carbocycles. The van der Waals surface area contributed by atoms with Gasteiger partial charge in [-0.1, -0.05) is 42.0 Å². The van der Waals surface area contributed by atoms with Crippen LogP contribution in [0.4, 0.5) is 0 Å². The summed E-state index contributed by atoms with van der Waals surface area (Å²) >= 11 is 5.92. The highest BCUT2D eigenvalue weighted by molar-refractivity contribution is 6.32. The number of rotatable bonds is 5. The first-order chi connectivity index (χ1) is 10.7. The Bertz CT molecular complexity index is 667. The predicted molar refractivity (Wildman–Crippen MR) is 87.4 cm³/mol. The molecule has 0 spiro atoms. The molecule has 1 aromatic rings. The van der Waals surface area contributed by atoms with E-state index >= 15 is 0 Å². The maximum atomic E-state index is 11.2. The maximum Gasteiger partial charge on any atom is 0.331 e. The third-order valence-electron chi connectivity index (χ3n) is 2.20. The third-order valence-corrected chi connectivity index (χ3v) is 2.51. The topological polar surface area (TPSA) is 35.5 Å². The highest BCUT2D eigenvalue weighted by Crippen LogP contribution is 2.22. The van der Waals surface area contributed by atoms with Crippen LogP contribution in [0.2, 0.25) is 5.02 Å². The Morgan fingerprint density at radius 1 is 1.18 bits per heavy atom. The summed E-state index contributed by atoms with van der Waals surface area (Å²) < 4.78 is 10.2. The van der Waals surface area contributed by atoms with Crippen molar-refractivity contribution < 1.29 is 14.3 Å². The Balaban J connectivity index is 2.25. The Labute approximate surface area is 135 Å². The van der Waals surface area contributed by atoms with Crippen LogP contribution in [-0.4, -0.2) is 19.2 Å². The SMILES string of the molecule is C/C=C/C=C/C(=O)OCC#CC#CCOc1ccccc1Cl. The fourth-order valence-electron chi connectivity index (χ4n) is 1.24. The van der Waals surface area contributed by atoms with Crippen LogP contribution in [0.15, 0.2) is 48.6 Å². The van der Waals surface area contributed by atoms with E-state index in [2.05, 4.69) is 23.7 Å². The zero-order valence-corrected chi connectivity index (χ0v) is 12.9. The van der Waals surface area contributed by atoms with Gasteiger partial charge in [0.25, 0.3) is 0 Å². The summed E-state index contributed by atoms with van der Waals surface area (Å²) in [5, 5.41) is 0.535. The lowest BCUT2D eigenvalue weighted by atomic mass is 10.3. The average Bonchev–Trinajstić information content (AvgIpc) is 2.52. The molecule has 0 aliphatic heterocycles. The number of allylic oxidation sites excluding steroid dienone is 3. The smallest absolute Gasteiger partial charge is 0.331 e. The van der Waals surface area contributed by atoms with Crippen LogP contribution in [0.1, 0.15) is 6.92 Å². The summed E-state index contributed by atoms with van der Waals surface area (Å²) in [6.45, 7) is 2.04. The molecule has 3 nitrogen and oxygen atoms in total. The number of esters is 1. The van der Waals surface area contributed by atoms with Crippen molar-refractivity contribution >= 4 is 17.6 Å². The Morgan fingerprint density at radius 3 is 2.64 bits per heavy atom. The Kier molecular flexibility index (Phi) is 8.78. The Hall–Kier alpha value is -2.62. The molecular formula is C18H15ClO3. The minimum Gasteiger partial charge on any atom is -0.479 e. The van der Waals surface area contributed by atoms with Gasteiger partial charge < -0.3 is 9.47 Å². The number of hydrogen-bond donors (Lipinski definition) is 0. The summed E-state index contributed by atoms with van der Waals surface area (Å²) in [7, 11) is 0. The molecule has 0 heterocycles. The monoisotopic (exact) mass is 314 g/mol. The van der Waals surface area contributed by atoms with Gasteiger partial charge in [0, 0.05) is 6.08 Å². The second kappa shape index (κ2) is 11.1. The van der Waals surface area contributed by atoms with Gasteiger partial charge >= 0.3 is 5.97 Å². The molecule has 112 valence electrons. The average molecular weight is 315 g/mol. The zero-order chi connectivity index (χ0) is 16.0. The number of ether oxygens (including phenoxy) is 2. The molecule has 4 heteroatoms. The van der Waals surface area contributed by atoms with Crippen molar-refractivity contribution in [2.24, 2.45) is 0 Å². The van der Waals surface area contributed by atoms with E-state index in [0.717, 1.165) is 0 Å². The second-order valence-corrected chi connectivity index (χ2v) is 4.22. The van der Waals surface area contributed by atoms with Crippen molar-refractivity contribution in [3.05, 3.63) is 53.6 Å². The molecule has 1 rings (SSSR count). The van der Waals surface area contributed by atoms with E-state index in [1.165, 1.54) is 6.08 Å². The van der Waals surface area contributed by atoms with Gasteiger partial charge in [-0.25, -0.2) is 4.79 Å². The molecule has 22 heavy (non-hydrogen) atoms. The number of para-hydroxylation sites is 1. The number of carbonyl (C=O) groups excluding carboxylic acids is 1. The molecule has 0 saturated heterocycles. The van der Waals surface area contributed by atoms with Gasteiger partial charge in [0.2, 0.25) is 0 Å². The highest BCUT2D eigenvalue weighted by atomic mass is 35.5. The fraction of sp³-hybridized carbons (Fsp3) is 0.167. The predicted octanol–water partition coefficient (Wildman–Crippen LogP) is 3.40. The van der Waals surface area contributed by atoms with Crippen molar-refractivity contribution in [2.45, 2.75) is 6.92 Å². The molecule has 0 atom stereocenters. The van der Waals surface area contributed by atoms with Crippen LogP contribution in [-0.2, 0) is 9.53 Å². The van der Waals surface area contributed by atoms with E-state index in [0.29, 0.717) is 10.8 Å². The van der Waals surface area contributed by atoms with Gasteiger partial charge in [-0.15, -0.1) is 0 Å². The summed E-state index contributed by atoms with van der Waals surface area (Å²) in [5.41, 5.74) is 0. The van der Waals surface area contributed by atoms with Gasteiger partial charge in [0.05, 0.1) is 5.02 Å². The minimum absolute atomic E-state index is 0.000929. The van der Waals surface area contributed by atoms with Crippen molar-refractivity contribution in [1.82, 2.24) is 0 Å². The first-order valence-corrected chi connectivity index (χ1v) is 6.91. The van der Waals surface area contributed by atoms with Gasteiger partial charge in [-0.2, -0.15) is 0 Å². The van der Waals surface area contributed by atoms with Crippen LogP contribution < -0.4 is 4.74 Å². The second-order valence-electron chi connectivity index (χ2n) is 3.82. The number of carbonyl (C=O) groups is 1. The van der Waals surface area contributed by atoms with Crippen molar-refractivity contribution in [1.29, 1.82) is 0 Å². The molecule has 0 unspecified atom stereocenters. The molecule has 0 N–H and O–H groups in total. The maximum absolute atomic E-state index is 11.2. The van der Waals surface area contributed by atoms with Crippen molar-refractivity contribution in [3.8, 4) is 29.4 Å². The molecule has 0 bridgehead atoms. The molecular weight excluding hydrogens is 300 g/mol. The van der Waals surface area contributed by atoms with Crippen LogP contribution in [0.25, 0.3) is 0 Å². The summed E-state index contributed by atoms with van der Waals surface area (Å²) in [6, 6.07) is 7.15. The highest BCUT2D eigenvalue weighted by Gasteiger charge is 1.96. The zero-order valence-electron chi connectivity index (χ0n) is 12.1. The van der Waals surface area contributed by atoms with Crippen LogP contribution in [0, 0.1) is 23.7 Å². The van der Waals surface area contributed by atoms with Gasteiger partial charge in [-0.3, -0.25) is 0 Å². The van der Waals surface area contributed by atoms with Gasteiger partial charge in [-0.05, 0) is 42.7 Å². The van der Waals surface area contributed by atoms with Crippen LogP contribution in [0.3, 0.4) is 0 Å². The number of hydrogen-bond acceptors (Lipinski definition) is 3. The lowest BCUT2D eigenvalue weighted by Gasteiger charge is -2.02. The quantitative estimate of drug-likeness (QED) is 0.362. The van der Waals surface area contributed by atoms with Gasteiger partial charge in [0.15, 0.2) is 6.61 Å². The molecule has 0 saturated carbocycles. The lowest BCUT2D eigenvalue weighted by Crippen LogP contribution is -1.99. The van der Waals surface area contributed by atoms with E-state index < -0.39 is 5.97 Å². The molecule has 0 aromatic heterocycles. The van der Waals surface area contributed by atoms with E-state index in [4.69, 9.17) is 21.1 Å². The number of benzene rings is 1. The minimum atomic E-state index is -0.442. The van der Waals surface area contributed by atoms with Crippen molar-refractivity contribution in [3.63, 3.8) is 0 Å². The summed E-state index contributed by atoms with van der Waals surface area (Å²) in [5.74, 6) is 10.6. The largest absolute Gasteiger partial charge is 0.479 e. The molecule has 0 aliphatic rings. The first kappa shape index (κ1) is 17.4. The molecule has 0 fully saturated rings. The number of halogens is 1. The Morgan fingerprint density at radius 2 is 1.91 bits per heavy atom. The van der Waals surface area contributed by atoms with Crippen molar-refractivity contribution in [2.75, 3.05) is 13.2 Å².